The highest BCUT2D eigenvalue weighted by Crippen LogP contribution is 2.71. The normalized spacial score (nSPS) is 48.4. The van der Waals surface area contributed by atoms with Crippen molar-refractivity contribution >= 4 is 11.6 Å². The minimum Gasteiger partial charge on any atom is -0.339 e. The second kappa shape index (κ2) is 6.88. The molecule has 4 nitrogen and oxygen atoms in total. The van der Waals surface area contributed by atoms with E-state index in [0.29, 0.717) is 30.0 Å². The van der Waals surface area contributed by atoms with Gasteiger partial charge in [-0.05, 0) is 81.6 Å². The molecule has 0 N–H and O–H groups in total. The second-order valence-electron chi connectivity index (χ2n) is 12.0. The lowest BCUT2D eigenvalue weighted by Gasteiger charge is -2.59. The van der Waals surface area contributed by atoms with Gasteiger partial charge >= 0.3 is 0 Å². The fraction of sp³-hybridized carbons (Fsp3) is 0.655. The summed E-state index contributed by atoms with van der Waals surface area (Å²) in [6.45, 7) is 8.41. The van der Waals surface area contributed by atoms with Gasteiger partial charge in [-0.15, -0.1) is 0 Å². The van der Waals surface area contributed by atoms with E-state index >= 15 is 0 Å². The fourth-order valence-electron chi connectivity index (χ4n) is 9.02. The minimum atomic E-state index is -0.902. The fourth-order valence-corrected chi connectivity index (χ4v) is 9.02. The van der Waals surface area contributed by atoms with Crippen LogP contribution in [0, 0.1) is 28.6 Å². The van der Waals surface area contributed by atoms with E-state index in [-0.39, 0.29) is 22.7 Å². The van der Waals surface area contributed by atoms with Crippen LogP contribution in [0.3, 0.4) is 0 Å². The van der Waals surface area contributed by atoms with Gasteiger partial charge in [0.25, 0.3) is 0 Å². The molecule has 1 aliphatic heterocycles. The van der Waals surface area contributed by atoms with Crippen molar-refractivity contribution in [2.24, 2.45) is 28.6 Å². The monoisotopic (exact) mass is 448 g/mol. The van der Waals surface area contributed by atoms with Crippen LogP contribution in [0.1, 0.15) is 78.2 Å². The lowest BCUT2D eigenvalue weighted by Crippen LogP contribution is -2.59. The number of carbonyl (C=O) groups excluding carboxylic acids is 2. The van der Waals surface area contributed by atoms with Gasteiger partial charge in [-0.1, -0.05) is 49.8 Å². The number of ether oxygens (including phenoxy) is 2. The summed E-state index contributed by atoms with van der Waals surface area (Å²) in [6.07, 6.45) is 8.46. The molecule has 4 fully saturated rings. The van der Waals surface area contributed by atoms with Gasteiger partial charge in [0.05, 0.1) is 6.10 Å². The Morgan fingerprint density at radius 1 is 1.00 bits per heavy atom. The molecule has 0 aromatic heterocycles. The Morgan fingerprint density at radius 3 is 2.48 bits per heavy atom. The summed E-state index contributed by atoms with van der Waals surface area (Å²) in [4.78, 5) is 25.6. The average Bonchev–Trinajstić information content (AvgIpc) is 3.23. The standard InChI is InChI=1S/C29H36O4/c1-18(30)29-25(32-28(4,33-29)19-8-6-5-7-9-19)17-24-22-11-10-20-16-21(31)12-14-26(20,2)23(22)13-15-27(24,29)3/h5-9,16,22-25H,10-15,17H2,1-4H3/t22-,23-,24-,25-,26+,27+,28-,29-/m1/s1. The lowest BCUT2D eigenvalue weighted by molar-refractivity contribution is -0.227. The zero-order valence-corrected chi connectivity index (χ0v) is 20.4. The van der Waals surface area contributed by atoms with E-state index in [2.05, 4.69) is 13.8 Å². The van der Waals surface area contributed by atoms with Gasteiger partial charge < -0.3 is 9.47 Å². The molecule has 0 unspecified atom stereocenters. The molecule has 1 saturated heterocycles. The van der Waals surface area contributed by atoms with Gasteiger partial charge in [-0.25, -0.2) is 0 Å². The van der Waals surface area contributed by atoms with Crippen molar-refractivity contribution in [1.29, 1.82) is 0 Å². The first kappa shape index (κ1) is 21.7. The number of allylic oxidation sites excluding steroid dienone is 1. The molecule has 176 valence electrons. The number of hydrogen-bond acceptors (Lipinski definition) is 4. The van der Waals surface area contributed by atoms with Crippen molar-refractivity contribution in [2.75, 3.05) is 0 Å². The van der Waals surface area contributed by atoms with E-state index in [1.165, 1.54) is 5.57 Å². The van der Waals surface area contributed by atoms with Crippen molar-refractivity contribution in [3.8, 4) is 0 Å². The molecule has 1 aromatic rings. The summed E-state index contributed by atoms with van der Waals surface area (Å²) in [5.74, 6) is 1.04. The summed E-state index contributed by atoms with van der Waals surface area (Å²) in [6, 6.07) is 10.1. The van der Waals surface area contributed by atoms with Crippen molar-refractivity contribution in [3.05, 3.63) is 47.5 Å². The Hall–Kier alpha value is -1.78. The van der Waals surface area contributed by atoms with Crippen molar-refractivity contribution in [3.63, 3.8) is 0 Å². The van der Waals surface area contributed by atoms with E-state index < -0.39 is 11.4 Å². The van der Waals surface area contributed by atoms with Crippen LogP contribution in [0.4, 0.5) is 0 Å². The van der Waals surface area contributed by atoms with Crippen LogP contribution >= 0.6 is 0 Å². The molecule has 0 amide bonds. The number of rotatable bonds is 2. The third-order valence-corrected chi connectivity index (χ3v) is 10.7. The average molecular weight is 449 g/mol. The number of hydrogen-bond donors (Lipinski definition) is 0. The first-order chi connectivity index (χ1) is 15.6. The van der Waals surface area contributed by atoms with Crippen LogP contribution in [0.5, 0.6) is 0 Å². The Balaban J connectivity index is 1.38. The third kappa shape index (κ3) is 2.65. The number of ketones is 2. The number of Topliss-reactive ketones (excluding diaryl/α,β-unsaturated/α-hetero) is 1. The molecule has 3 saturated carbocycles. The molecule has 0 bridgehead atoms. The van der Waals surface area contributed by atoms with Crippen LogP contribution in [-0.2, 0) is 24.8 Å². The van der Waals surface area contributed by atoms with Gasteiger partial charge in [0.1, 0.15) is 0 Å². The predicted molar refractivity (Wildman–Crippen MR) is 125 cm³/mol. The largest absolute Gasteiger partial charge is 0.339 e. The third-order valence-electron chi connectivity index (χ3n) is 10.7. The van der Waals surface area contributed by atoms with E-state index in [1.807, 2.05) is 43.3 Å². The van der Waals surface area contributed by atoms with Crippen LogP contribution in [0.25, 0.3) is 0 Å². The first-order valence-electron chi connectivity index (χ1n) is 12.8. The molecular weight excluding hydrogens is 412 g/mol. The summed E-state index contributed by atoms with van der Waals surface area (Å²) >= 11 is 0. The smallest absolute Gasteiger partial charge is 0.193 e. The molecule has 5 aliphatic rings. The maximum absolute atomic E-state index is 13.5. The topological polar surface area (TPSA) is 52.6 Å². The quantitative estimate of drug-likeness (QED) is 0.579. The Bertz CT molecular complexity index is 1040. The second-order valence-corrected chi connectivity index (χ2v) is 12.0. The Kier molecular flexibility index (Phi) is 4.53. The molecule has 4 aliphatic carbocycles. The number of carbonyl (C=O) groups is 2. The maximum atomic E-state index is 13.5. The van der Waals surface area contributed by atoms with Crippen LogP contribution < -0.4 is 0 Å². The zero-order chi connectivity index (χ0) is 23.2. The SMILES string of the molecule is CC(=O)[C@@]12O[C@](C)(c3ccccc3)O[C@@H]1C[C@@H]1[C@@H]3CCC4=CC(=O)CC[C@]4(C)[C@@H]3CC[C@@]12C. The summed E-state index contributed by atoms with van der Waals surface area (Å²) < 4.78 is 13.6. The van der Waals surface area contributed by atoms with Crippen LogP contribution in [-0.4, -0.2) is 23.3 Å². The van der Waals surface area contributed by atoms with Gasteiger partial charge in [-0.3, -0.25) is 9.59 Å². The number of fused-ring (bicyclic) bond motifs is 7. The van der Waals surface area contributed by atoms with Gasteiger partial charge in [0.2, 0.25) is 0 Å². The molecule has 1 heterocycles. The molecule has 6 rings (SSSR count). The van der Waals surface area contributed by atoms with Gasteiger partial charge in [0.15, 0.2) is 23.0 Å². The van der Waals surface area contributed by atoms with E-state index in [9.17, 15) is 9.59 Å². The maximum Gasteiger partial charge on any atom is 0.193 e. The summed E-state index contributed by atoms with van der Waals surface area (Å²) in [5.41, 5.74) is 1.35. The highest BCUT2D eigenvalue weighted by molar-refractivity contribution is 5.91. The molecule has 8 atom stereocenters. The van der Waals surface area contributed by atoms with Crippen molar-refractivity contribution in [1.82, 2.24) is 0 Å². The highest BCUT2D eigenvalue weighted by atomic mass is 16.8. The predicted octanol–water partition coefficient (Wildman–Crippen LogP) is 5.74. The van der Waals surface area contributed by atoms with E-state index in [0.717, 1.165) is 44.1 Å². The summed E-state index contributed by atoms with van der Waals surface area (Å²) in [5, 5.41) is 0. The van der Waals surface area contributed by atoms with Crippen molar-refractivity contribution < 1.29 is 19.1 Å². The van der Waals surface area contributed by atoms with E-state index in [1.54, 1.807) is 6.92 Å². The van der Waals surface area contributed by atoms with Gasteiger partial charge in [-0.2, -0.15) is 0 Å². The molecule has 0 spiro atoms. The van der Waals surface area contributed by atoms with Crippen LogP contribution in [0.15, 0.2) is 42.0 Å². The molecule has 33 heavy (non-hydrogen) atoms. The molecule has 0 radical (unpaired) electrons. The number of benzene rings is 1. The molecule has 1 aromatic carbocycles. The minimum absolute atomic E-state index is 0.112. The Labute approximate surface area is 197 Å². The van der Waals surface area contributed by atoms with Crippen LogP contribution in [0.2, 0.25) is 0 Å². The van der Waals surface area contributed by atoms with Gasteiger partial charge in [0, 0.05) is 17.4 Å². The highest BCUT2D eigenvalue weighted by Gasteiger charge is 2.75. The summed E-state index contributed by atoms with van der Waals surface area (Å²) in [7, 11) is 0. The van der Waals surface area contributed by atoms with Crippen molar-refractivity contribution in [2.45, 2.75) is 90.1 Å². The molecular formula is C29H36O4. The molecule has 4 heteroatoms. The van der Waals surface area contributed by atoms with E-state index in [4.69, 9.17) is 9.47 Å². The zero-order valence-electron chi connectivity index (χ0n) is 20.4. The lowest BCUT2D eigenvalue weighted by atomic mass is 9.46. The Morgan fingerprint density at radius 2 is 1.76 bits per heavy atom. The first-order valence-corrected chi connectivity index (χ1v) is 12.8.